The van der Waals surface area contributed by atoms with Crippen molar-refractivity contribution in [3.05, 3.63) is 29.3 Å². The Balaban J connectivity index is 1.82. The molecule has 1 aromatic carbocycles. The van der Waals surface area contributed by atoms with Gasteiger partial charge in [-0.15, -0.1) is 0 Å². The Hall–Kier alpha value is -1.26. The summed E-state index contributed by atoms with van der Waals surface area (Å²) in [5, 5.41) is 16.0. The average molecular weight is 269 g/mol. The number of anilines is 1. The number of rotatable bonds is 4. The topological polar surface area (TPSA) is 61.4 Å². The monoisotopic (exact) mass is 268 g/mol. The minimum atomic E-state index is -0.814. The zero-order valence-corrected chi connectivity index (χ0v) is 11.0. The van der Waals surface area contributed by atoms with Crippen LogP contribution in [0.25, 0.3) is 0 Å². The van der Waals surface area contributed by atoms with E-state index in [1.54, 1.807) is 31.2 Å². The maximum Gasteiger partial charge on any atom is 0.319 e. The minimum Gasteiger partial charge on any atom is -0.388 e. The van der Waals surface area contributed by atoms with E-state index in [0.717, 1.165) is 12.8 Å². The third-order valence-electron chi connectivity index (χ3n) is 3.15. The molecule has 0 radical (unpaired) electrons. The van der Waals surface area contributed by atoms with Gasteiger partial charge in [-0.25, -0.2) is 4.79 Å². The lowest BCUT2D eigenvalue weighted by molar-refractivity contribution is 0.0398. The Morgan fingerprint density at radius 3 is 2.89 bits per heavy atom. The molecule has 1 aliphatic rings. The first-order valence-corrected chi connectivity index (χ1v) is 6.38. The van der Waals surface area contributed by atoms with Crippen LogP contribution in [0.15, 0.2) is 24.3 Å². The molecule has 0 heterocycles. The molecule has 0 unspecified atom stereocenters. The summed E-state index contributed by atoms with van der Waals surface area (Å²) >= 11 is 5.82. The second-order valence-electron chi connectivity index (χ2n) is 4.95. The fourth-order valence-electron chi connectivity index (χ4n) is 1.85. The van der Waals surface area contributed by atoms with Crippen molar-refractivity contribution in [2.24, 2.45) is 5.92 Å². The van der Waals surface area contributed by atoms with E-state index in [0.29, 0.717) is 16.6 Å². The normalized spacial score (nSPS) is 17.9. The van der Waals surface area contributed by atoms with E-state index in [4.69, 9.17) is 11.6 Å². The Morgan fingerprint density at radius 2 is 2.28 bits per heavy atom. The number of halogens is 1. The SMILES string of the molecule is C[C@@](O)(CNC(=O)Nc1cccc(Cl)c1)C1CC1. The molecule has 0 spiro atoms. The summed E-state index contributed by atoms with van der Waals surface area (Å²) in [5.41, 5.74) is -0.183. The maximum atomic E-state index is 11.6. The molecule has 98 valence electrons. The molecule has 1 aromatic rings. The number of amides is 2. The summed E-state index contributed by atoms with van der Waals surface area (Å²) in [5.74, 6) is 0.309. The van der Waals surface area contributed by atoms with Crippen molar-refractivity contribution in [2.75, 3.05) is 11.9 Å². The van der Waals surface area contributed by atoms with Gasteiger partial charge in [0.1, 0.15) is 0 Å². The highest BCUT2D eigenvalue weighted by molar-refractivity contribution is 6.30. The number of nitrogens with one attached hydrogen (secondary N) is 2. The molecule has 3 N–H and O–H groups in total. The van der Waals surface area contributed by atoms with Gasteiger partial charge in [-0.1, -0.05) is 17.7 Å². The van der Waals surface area contributed by atoms with Gasteiger partial charge in [0.05, 0.1) is 5.60 Å². The average Bonchev–Trinajstić information content (AvgIpc) is 3.10. The van der Waals surface area contributed by atoms with Gasteiger partial charge in [0.2, 0.25) is 0 Å². The molecule has 0 aromatic heterocycles. The van der Waals surface area contributed by atoms with Crippen molar-refractivity contribution in [3.63, 3.8) is 0 Å². The zero-order chi connectivity index (χ0) is 13.2. The predicted molar refractivity (Wildman–Crippen MR) is 71.8 cm³/mol. The van der Waals surface area contributed by atoms with E-state index in [1.807, 2.05) is 0 Å². The van der Waals surface area contributed by atoms with Gasteiger partial charge in [0, 0.05) is 17.3 Å². The zero-order valence-electron chi connectivity index (χ0n) is 10.2. The minimum absolute atomic E-state index is 0.254. The number of urea groups is 1. The molecule has 2 rings (SSSR count). The van der Waals surface area contributed by atoms with Gasteiger partial charge in [-0.2, -0.15) is 0 Å². The highest BCUT2D eigenvalue weighted by atomic mass is 35.5. The van der Waals surface area contributed by atoms with Crippen molar-refractivity contribution >= 4 is 23.3 Å². The van der Waals surface area contributed by atoms with Crippen molar-refractivity contribution in [1.29, 1.82) is 0 Å². The summed E-state index contributed by atoms with van der Waals surface area (Å²) < 4.78 is 0. The van der Waals surface area contributed by atoms with Gasteiger partial charge >= 0.3 is 6.03 Å². The van der Waals surface area contributed by atoms with E-state index >= 15 is 0 Å². The number of carbonyl (C=O) groups is 1. The Kier molecular flexibility index (Phi) is 3.78. The van der Waals surface area contributed by atoms with Gasteiger partial charge in [-0.3, -0.25) is 0 Å². The van der Waals surface area contributed by atoms with Crippen LogP contribution in [-0.2, 0) is 0 Å². The molecule has 1 aliphatic carbocycles. The number of hydrogen-bond donors (Lipinski definition) is 3. The van der Waals surface area contributed by atoms with Crippen molar-refractivity contribution in [3.8, 4) is 0 Å². The van der Waals surface area contributed by atoms with E-state index < -0.39 is 5.60 Å². The first kappa shape index (κ1) is 13.2. The van der Waals surface area contributed by atoms with Crippen LogP contribution in [0, 0.1) is 5.92 Å². The summed E-state index contributed by atoms with van der Waals surface area (Å²) in [6.07, 6.45) is 2.06. The molecule has 1 atom stereocenters. The molecule has 2 amide bonds. The third-order valence-corrected chi connectivity index (χ3v) is 3.38. The lowest BCUT2D eigenvalue weighted by atomic mass is 10.0. The summed E-state index contributed by atoms with van der Waals surface area (Å²) in [6.45, 7) is 2.01. The van der Waals surface area contributed by atoms with Crippen LogP contribution in [0.5, 0.6) is 0 Å². The molecule has 5 heteroatoms. The first-order chi connectivity index (χ1) is 8.47. The molecule has 0 aliphatic heterocycles. The quantitative estimate of drug-likeness (QED) is 0.786. The number of benzene rings is 1. The van der Waals surface area contributed by atoms with Crippen LogP contribution in [0.3, 0.4) is 0 Å². The lowest BCUT2D eigenvalue weighted by Gasteiger charge is -2.23. The summed E-state index contributed by atoms with van der Waals surface area (Å²) in [6, 6.07) is 6.59. The second-order valence-corrected chi connectivity index (χ2v) is 5.39. The third kappa shape index (κ3) is 3.62. The molecule has 4 nitrogen and oxygen atoms in total. The Morgan fingerprint density at radius 1 is 1.56 bits per heavy atom. The predicted octanol–water partition coefficient (Wildman–Crippen LogP) is 2.62. The van der Waals surface area contributed by atoms with Gasteiger partial charge in [-0.05, 0) is 43.9 Å². The number of aliphatic hydroxyl groups is 1. The largest absolute Gasteiger partial charge is 0.388 e. The van der Waals surface area contributed by atoms with E-state index in [1.165, 1.54) is 0 Å². The molecule has 18 heavy (non-hydrogen) atoms. The smallest absolute Gasteiger partial charge is 0.319 e. The van der Waals surface area contributed by atoms with Crippen LogP contribution >= 0.6 is 11.6 Å². The first-order valence-electron chi connectivity index (χ1n) is 6.00. The Bertz CT molecular complexity index is 444. The van der Waals surface area contributed by atoms with Crippen LogP contribution in [0.2, 0.25) is 5.02 Å². The van der Waals surface area contributed by atoms with Crippen molar-refractivity contribution < 1.29 is 9.90 Å². The molecule has 1 saturated carbocycles. The molecular formula is C13H17ClN2O2. The van der Waals surface area contributed by atoms with Crippen molar-refractivity contribution in [2.45, 2.75) is 25.4 Å². The van der Waals surface area contributed by atoms with Crippen LogP contribution in [-0.4, -0.2) is 23.3 Å². The van der Waals surface area contributed by atoms with Crippen LogP contribution in [0.1, 0.15) is 19.8 Å². The molecule has 0 saturated heterocycles. The van der Waals surface area contributed by atoms with E-state index in [9.17, 15) is 9.90 Å². The summed E-state index contributed by atoms with van der Waals surface area (Å²) in [4.78, 5) is 11.6. The van der Waals surface area contributed by atoms with E-state index in [-0.39, 0.29) is 12.6 Å². The standard InChI is InChI=1S/C13H17ClN2O2/c1-13(18,9-5-6-9)8-15-12(17)16-11-4-2-3-10(14)7-11/h2-4,7,9,18H,5-6,8H2,1H3,(H2,15,16,17)/t13-/m1/s1. The van der Waals surface area contributed by atoms with Gasteiger partial charge in [0.15, 0.2) is 0 Å². The number of hydrogen-bond acceptors (Lipinski definition) is 2. The van der Waals surface area contributed by atoms with Gasteiger partial charge in [0.25, 0.3) is 0 Å². The fraction of sp³-hybridized carbons (Fsp3) is 0.462. The Labute approximate surface area is 111 Å². The van der Waals surface area contributed by atoms with Crippen LogP contribution < -0.4 is 10.6 Å². The number of carbonyl (C=O) groups excluding carboxylic acids is 1. The fourth-order valence-corrected chi connectivity index (χ4v) is 2.04. The van der Waals surface area contributed by atoms with Crippen molar-refractivity contribution in [1.82, 2.24) is 5.32 Å². The van der Waals surface area contributed by atoms with Gasteiger partial charge < -0.3 is 15.7 Å². The highest BCUT2D eigenvalue weighted by Crippen LogP contribution is 2.38. The molecule has 1 fully saturated rings. The lowest BCUT2D eigenvalue weighted by Crippen LogP contribution is -2.43. The molecule has 0 bridgehead atoms. The second kappa shape index (κ2) is 5.16. The maximum absolute atomic E-state index is 11.6. The summed E-state index contributed by atoms with van der Waals surface area (Å²) in [7, 11) is 0. The highest BCUT2D eigenvalue weighted by Gasteiger charge is 2.39. The van der Waals surface area contributed by atoms with E-state index in [2.05, 4.69) is 10.6 Å². The molecular weight excluding hydrogens is 252 g/mol. The van der Waals surface area contributed by atoms with Crippen LogP contribution in [0.4, 0.5) is 10.5 Å².